The van der Waals surface area contributed by atoms with Crippen molar-refractivity contribution in [3.05, 3.63) is 108 Å². The van der Waals surface area contributed by atoms with Crippen LogP contribution in [0, 0.1) is 5.41 Å². The first-order chi connectivity index (χ1) is 17.7. The van der Waals surface area contributed by atoms with Crippen LogP contribution in [0.3, 0.4) is 0 Å². The zero-order chi connectivity index (χ0) is 26.6. The normalized spacial score (nSPS) is 11.8. The van der Waals surface area contributed by atoms with Gasteiger partial charge in [0.1, 0.15) is 11.5 Å². The van der Waals surface area contributed by atoms with E-state index in [1.165, 1.54) is 0 Å². The fraction of sp³-hybridized carbons (Fsp3) is 0.265. The Morgan fingerprint density at radius 2 is 1.19 bits per heavy atom. The van der Waals surface area contributed by atoms with Gasteiger partial charge in [0.25, 0.3) is 0 Å². The average molecular weight is 493 g/mol. The first-order valence-electron chi connectivity index (χ1n) is 13.0. The largest absolute Gasteiger partial charge is 0.507 e. The van der Waals surface area contributed by atoms with Gasteiger partial charge in [-0.05, 0) is 66.3 Å². The van der Waals surface area contributed by atoms with Gasteiger partial charge in [-0.2, -0.15) is 0 Å². The van der Waals surface area contributed by atoms with E-state index >= 15 is 0 Å². The zero-order valence-corrected chi connectivity index (χ0v) is 22.4. The van der Waals surface area contributed by atoms with Crippen LogP contribution < -0.4 is 4.74 Å². The van der Waals surface area contributed by atoms with E-state index in [9.17, 15) is 9.90 Å². The van der Waals surface area contributed by atoms with Crippen molar-refractivity contribution in [2.24, 2.45) is 5.41 Å². The van der Waals surface area contributed by atoms with Crippen molar-refractivity contribution in [1.29, 1.82) is 0 Å². The summed E-state index contributed by atoms with van der Waals surface area (Å²) in [7, 11) is 0. The van der Waals surface area contributed by atoms with Crippen molar-refractivity contribution in [3.8, 4) is 33.8 Å². The summed E-state index contributed by atoms with van der Waals surface area (Å²) >= 11 is 0. The second kappa shape index (κ2) is 10.6. The van der Waals surface area contributed by atoms with Gasteiger partial charge in [0, 0.05) is 16.5 Å². The highest BCUT2D eigenvalue weighted by atomic mass is 16.5. The van der Waals surface area contributed by atoms with E-state index in [0.29, 0.717) is 5.75 Å². The average Bonchev–Trinajstić information content (AvgIpc) is 2.93. The number of carbonyl (C=O) groups excluding carboxylic acids is 1. The van der Waals surface area contributed by atoms with Crippen molar-refractivity contribution in [3.63, 3.8) is 0 Å². The Balaban J connectivity index is 1.79. The Labute approximate surface area is 220 Å². The predicted octanol–water partition coefficient (Wildman–Crippen LogP) is 8.78. The SMILES string of the molecule is CCC(C)(CC)C(=O)Oc1ccc(C(C)(C)c2ccc(O)c(-c3ccccc3)c2)cc1-c1ccccc1. The molecule has 0 fully saturated rings. The summed E-state index contributed by atoms with van der Waals surface area (Å²) < 4.78 is 6.04. The summed E-state index contributed by atoms with van der Waals surface area (Å²) in [5.41, 5.74) is 4.93. The maximum Gasteiger partial charge on any atom is 0.317 e. The molecule has 37 heavy (non-hydrogen) atoms. The number of aromatic hydroxyl groups is 1. The number of phenolic OH excluding ortho intramolecular Hbond substituents is 1. The Morgan fingerprint density at radius 1 is 0.703 bits per heavy atom. The fourth-order valence-electron chi connectivity index (χ4n) is 4.55. The van der Waals surface area contributed by atoms with E-state index in [1.54, 1.807) is 6.07 Å². The Kier molecular flexibility index (Phi) is 7.54. The molecule has 3 nitrogen and oxygen atoms in total. The van der Waals surface area contributed by atoms with Gasteiger partial charge in [-0.15, -0.1) is 0 Å². The number of rotatable bonds is 8. The molecule has 0 aromatic heterocycles. The first kappa shape index (κ1) is 26.2. The molecule has 0 radical (unpaired) electrons. The number of ether oxygens (including phenoxy) is 1. The van der Waals surface area contributed by atoms with Crippen molar-refractivity contribution in [1.82, 2.24) is 0 Å². The molecule has 0 aliphatic heterocycles. The summed E-state index contributed by atoms with van der Waals surface area (Å²) in [6.07, 6.45) is 1.44. The molecule has 4 aromatic carbocycles. The number of benzene rings is 4. The van der Waals surface area contributed by atoms with Gasteiger partial charge in [-0.25, -0.2) is 0 Å². The zero-order valence-electron chi connectivity index (χ0n) is 22.4. The number of hydrogen-bond donors (Lipinski definition) is 1. The third-order valence-corrected chi connectivity index (χ3v) is 7.85. The quantitative estimate of drug-likeness (QED) is 0.197. The third-order valence-electron chi connectivity index (χ3n) is 7.85. The molecule has 4 rings (SSSR count). The van der Waals surface area contributed by atoms with E-state index in [1.807, 2.05) is 99.6 Å². The van der Waals surface area contributed by atoms with Crippen LogP contribution in [0.5, 0.6) is 11.5 Å². The molecule has 4 aromatic rings. The lowest BCUT2D eigenvalue weighted by Gasteiger charge is -2.29. The molecular formula is C34H36O3. The van der Waals surface area contributed by atoms with Crippen LogP contribution >= 0.6 is 0 Å². The smallest absolute Gasteiger partial charge is 0.317 e. The molecule has 190 valence electrons. The molecule has 0 unspecified atom stereocenters. The maximum absolute atomic E-state index is 13.1. The summed E-state index contributed by atoms with van der Waals surface area (Å²) in [6.45, 7) is 10.4. The van der Waals surface area contributed by atoms with Crippen LogP contribution in [-0.2, 0) is 10.2 Å². The highest BCUT2D eigenvalue weighted by Gasteiger charge is 2.32. The van der Waals surface area contributed by atoms with Gasteiger partial charge in [-0.3, -0.25) is 4.79 Å². The molecule has 0 saturated carbocycles. The minimum absolute atomic E-state index is 0.201. The van der Waals surface area contributed by atoms with Gasteiger partial charge in [0.05, 0.1) is 5.41 Å². The van der Waals surface area contributed by atoms with E-state index in [0.717, 1.165) is 46.2 Å². The topological polar surface area (TPSA) is 46.5 Å². The van der Waals surface area contributed by atoms with Crippen LogP contribution in [0.1, 0.15) is 58.6 Å². The fourth-order valence-corrected chi connectivity index (χ4v) is 4.55. The lowest BCUT2D eigenvalue weighted by Crippen LogP contribution is -2.31. The van der Waals surface area contributed by atoms with Crippen LogP contribution in [0.25, 0.3) is 22.3 Å². The molecule has 1 N–H and O–H groups in total. The summed E-state index contributed by atoms with van der Waals surface area (Å²) in [5, 5.41) is 10.6. The molecule has 0 aliphatic rings. The number of phenols is 1. The van der Waals surface area contributed by atoms with Crippen molar-refractivity contribution in [2.75, 3.05) is 0 Å². The van der Waals surface area contributed by atoms with Gasteiger partial charge in [0.15, 0.2) is 0 Å². The predicted molar refractivity (Wildman–Crippen MR) is 152 cm³/mol. The minimum Gasteiger partial charge on any atom is -0.507 e. The molecule has 0 aliphatic carbocycles. The standard InChI is InChI=1S/C34H36O3/c1-6-34(5,7-2)32(36)37-31-21-19-27(23-29(31)25-16-12-9-13-17-25)33(3,4)26-18-20-30(35)28(22-26)24-14-10-8-11-15-24/h8-23,35H,6-7H2,1-5H3. The molecule has 3 heteroatoms. The summed E-state index contributed by atoms with van der Waals surface area (Å²) in [4.78, 5) is 13.1. The van der Waals surface area contributed by atoms with E-state index in [2.05, 4.69) is 26.0 Å². The molecule has 0 heterocycles. The van der Waals surface area contributed by atoms with Gasteiger partial charge >= 0.3 is 5.97 Å². The molecule has 0 bridgehead atoms. The second-order valence-corrected chi connectivity index (χ2v) is 10.5. The number of carbonyl (C=O) groups is 1. The monoisotopic (exact) mass is 492 g/mol. The minimum atomic E-state index is -0.522. The first-order valence-corrected chi connectivity index (χ1v) is 13.0. The van der Waals surface area contributed by atoms with Gasteiger partial charge in [0.2, 0.25) is 0 Å². The highest BCUT2D eigenvalue weighted by molar-refractivity contribution is 5.82. The summed E-state index contributed by atoms with van der Waals surface area (Å²) in [5.74, 6) is 0.625. The van der Waals surface area contributed by atoms with E-state index < -0.39 is 5.41 Å². The molecular weight excluding hydrogens is 456 g/mol. The molecule has 0 atom stereocenters. The highest BCUT2D eigenvalue weighted by Crippen LogP contribution is 2.41. The Morgan fingerprint density at radius 3 is 1.73 bits per heavy atom. The molecule has 0 amide bonds. The molecule has 0 spiro atoms. The number of hydrogen-bond acceptors (Lipinski definition) is 3. The van der Waals surface area contributed by atoms with Gasteiger partial charge in [-0.1, -0.05) is 100 Å². The molecule has 0 saturated heterocycles. The van der Waals surface area contributed by atoms with Crippen LogP contribution in [0.2, 0.25) is 0 Å². The van der Waals surface area contributed by atoms with E-state index in [4.69, 9.17) is 4.74 Å². The van der Waals surface area contributed by atoms with Crippen molar-refractivity contribution >= 4 is 5.97 Å². The third kappa shape index (κ3) is 5.32. The number of esters is 1. The van der Waals surface area contributed by atoms with Crippen LogP contribution in [0.4, 0.5) is 0 Å². The van der Waals surface area contributed by atoms with Gasteiger partial charge < -0.3 is 9.84 Å². The van der Waals surface area contributed by atoms with E-state index in [-0.39, 0.29) is 17.1 Å². The lowest BCUT2D eigenvalue weighted by atomic mass is 9.76. The van der Waals surface area contributed by atoms with Crippen molar-refractivity contribution < 1.29 is 14.6 Å². The Hall–Kier alpha value is -3.85. The lowest BCUT2D eigenvalue weighted by molar-refractivity contribution is -0.145. The van der Waals surface area contributed by atoms with Crippen molar-refractivity contribution in [2.45, 2.75) is 52.9 Å². The van der Waals surface area contributed by atoms with Crippen LogP contribution in [-0.4, -0.2) is 11.1 Å². The Bertz CT molecular complexity index is 1370. The maximum atomic E-state index is 13.1. The summed E-state index contributed by atoms with van der Waals surface area (Å²) in [6, 6.07) is 31.9. The van der Waals surface area contributed by atoms with Crippen LogP contribution in [0.15, 0.2) is 97.1 Å². The second-order valence-electron chi connectivity index (χ2n) is 10.5.